The third kappa shape index (κ3) is 4.72. The maximum atomic E-state index is 13.6. The van der Waals surface area contributed by atoms with Gasteiger partial charge in [-0.15, -0.1) is 0 Å². The fourth-order valence-corrected chi connectivity index (χ4v) is 4.91. The quantitative estimate of drug-likeness (QED) is 0.704. The molecule has 1 N–H and O–H groups in total. The minimum absolute atomic E-state index is 0.0900. The van der Waals surface area contributed by atoms with Crippen LogP contribution in [0, 0.1) is 0 Å². The van der Waals surface area contributed by atoms with Gasteiger partial charge in [-0.3, -0.25) is 4.79 Å². The first-order valence-electron chi connectivity index (χ1n) is 12.4. The van der Waals surface area contributed by atoms with E-state index in [1.54, 1.807) is 11.8 Å². The summed E-state index contributed by atoms with van der Waals surface area (Å²) in [5.41, 5.74) is 2.44. The van der Waals surface area contributed by atoms with Crippen molar-refractivity contribution in [2.45, 2.75) is 51.2 Å². The van der Waals surface area contributed by atoms with Gasteiger partial charge in [0.15, 0.2) is 6.10 Å². The van der Waals surface area contributed by atoms with Crippen LogP contribution in [0.25, 0.3) is 0 Å². The van der Waals surface area contributed by atoms with Gasteiger partial charge in [0.2, 0.25) is 0 Å². The molecular formula is C28H39N3O3. The number of hydrogen-bond acceptors (Lipinski definition) is 5. The average molecular weight is 466 g/mol. The number of aliphatic hydroxyl groups is 1. The Morgan fingerprint density at radius 2 is 1.62 bits per heavy atom. The Kier molecular flexibility index (Phi) is 7.04. The first kappa shape index (κ1) is 24.7. The number of amides is 1. The number of anilines is 2. The van der Waals surface area contributed by atoms with Crippen LogP contribution in [0.15, 0.2) is 48.5 Å². The van der Waals surface area contributed by atoms with Crippen molar-refractivity contribution >= 4 is 17.3 Å². The number of carbonyl (C=O) groups is 1. The van der Waals surface area contributed by atoms with Crippen molar-refractivity contribution < 1.29 is 14.6 Å². The molecule has 0 aromatic heterocycles. The van der Waals surface area contributed by atoms with Crippen LogP contribution >= 0.6 is 0 Å². The first-order valence-corrected chi connectivity index (χ1v) is 12.4. The van der Waals surface area contributed by atoms with Crippen LogP contribution in [0.1, 0.15) is 45.2 Å². The SMILES string of the molecule is CCC(C)(C)c1ccc(N2CCOC(C(C)(O)c3ccccc3N3CCN(C)CC3)C2=O)cc1. The summed E-state index contributed by atoms with van der Waals surface area (Å²) < 4.78 is 5.95. The molecule has 2 atom stereocenters. The van der Waals surface area contributed by atoms with Gasteiger partial charge < -0.3 is 24.5 Å². The van der Waals surface area contributed by atoms with Gasteiger partial charge >= 0.3 is 0 Å². The van der Waals surface area contributed by atoms with Gasteiger partial charge in [-0.25, -0.2) is 0 Å². The zero-order chi connectivity index (χ0) is 24.5. The van der Waals surface area contributed by atoms with Crippen LogP contribution in [0.3, 0.4) is 0 Å². The van der Waals surface area contributed by atoms with Gasteiger partial charge in [0.25, 0.3) is 5.91 Å². The Hall–Kier alpha value is -2.41. The number of rotatable bonds is 6. The van der Waals surface area contributed by atoms with Crippen molar-refractivity contribution in [3.8, 4) is 0 Å². The molecular weight excluding hydrogens is 426 g/mol. The standard InChI is InChI=1S/C28H39N3O3/c1-6-27(2,3)21-11-13-22(14-12-21)31-19-20-34-25(26(31)32)28(4,33)23-9-7-8-10-24(23)30-17-15-29(5)16-18-30/h7-14,25,33H,6,15-20H2,1-5H3. The van der Waals surface area contributed by atoms with E-state index in [4.69, 9.17) is 4.74 Å². The maximum Gasteiger partial charge on any atom is 0.259 e. The van der Waals surface area contributed by atoms with Gasteiger partial charge in [-0.2, -0.15) is 0 Å². The second-order valence-corrected chi connectivity index (χ2v) is 10.5. The molecule has 2 unspecified atom stereocenters. The Morgan fingerprint density at radius 1 is 0.971 bits per heavy atom. The summed E-state index contributed by atoms with van der Waals surface area (Å²) in [5, 5.41) is 11.8. The second kappa shape index (κ2) is 9.68. The summed E-state index contributed by atoms with van der Waals surface area (Å²) in [5.74, 6) is -0.202. The van der Waals surface area contributed by atoms with E-state index < -0.39 is 11.7 Å². The molecule has 4 rings (SSSR count). The van der Waals surface area contributed by atoms with Crippen LogP contribution in [0.5, 0.6) is 0 Å². The van der Waals surface area contributed by atoms with Crippen molar-refractivity contribution in [2.24, 2.45) is 0 Å². The highest BCUT2D eigenvalue weighted by molar-refractivity contribution is 5.98. The smallest absolute Gasteiger partial charge is 0.259 e. The largest absolute Gasteiger partial charge is 0.382 e. The monoisotopic (exact) mass is 465 g/mol. The minimum atomic E-state index is -1.46. The number of piperazine rings is 1. The van der Waals surface area contributed by atoms with Crippen molar-refractivity contribution in [3.05, 3.63) is 59.7 Å². The normalized spacial score (nSPS) is 22.1. The lowest BCUT2D eigenvalue weighted by Gasteiger charge is -2.42. The molecule has 0 bridgehead atoms. The molecule has 2 heterocycles. The Balaban J connectivity index is 1.59. The minimum Gasteiger partial charge on any atom is -0.382 e. The highest BCUT2D eigenvalue weighted by atomic mass is 16.5. The topological polar surface area (TPSA) is 56.3 Å². The third-order valence-electron chi connectivity index (χ3n) is 7.74. The van der Waals surface area contributed by atoms with Gasteiger partial charge in [-0.05, 0) is 49.6 Å². The van der Waals surface area contributed by atoms with Crippen LogP contribution in [-0.4, -0.2) is 68.4 Å². The number of morpholine rings is 1. The highest BCUT2D eigenvalue weighted by Crippen LogP contribution is 2.37. The lowest BCUT2D eigenvalue weighted by atomic mass is 9.82. The highest BCUT2D eigenvalue weighted by Gasteiger charge is 2.46. The average Bonchev–Trinajstić information content (AvgIpc) is 2.84. The summed E-state index contributed by atoms with van der Waals surface area (Å²) in [6.45, 7) is 12.9. The molecule has 0 spiro atoms. The van der Waals surface area contributed by atoms with Gasteiger partial charge in [0.1, 0.15) is 5.60 Å². The summed E-state index contributed by atoms with van der Waals surface area (Å²) in [6, 6.07) is 16.1. The number of para-hydroxylation sites is 1. The van der Waals surface area contributed by atoms with Gasteiger partial charge in [0.05, 0.1) is 6.61 Å². The van der Waals surface area contributed by atoms with Crippen molar-refractivity contribution in [1.29, 1.82) is 0 Å². The Labute approximate surface area is 204 Å². The molecule has 6 heteroatoms. The lowest BCUT2D eigenvalue weighted by Crippen LogP contribution is -2.56. The van der Waals surface area contributed by atoms with Crippen LogP contribution in [-0.2, 0) is 20.5 Å². The fraction of sp³-hybridized carbons (Fsp3) is 0.536. The molecule has 0 aliphatic carbocycles. The predicted molar refractivity (Wildman–Crippen MR) is 138 cm³/mol. The fourth-order valence-electron chi connectivity index (χ4n) is 4.91. The number of benzene rings is 2. The summed E-state index contributed by atoms with van der Waals surface area (Å²) in [4.78, 5) is 20.0. The number of hydrogen-bond donors (Lipinski definition) is 1. The molecule has 2 fully saturated rings. The zero-order valence-corrected chi connectivity index (χ0v) is 21.3. The Morgan fingerprint density at radius 3 is 2.26 bits per heavy atom. The van der Waals surface area contributed by atoms with Crippen LogP contribution < -0.4 is 9.80 Å². The van der Waals surface area contributed by atoms with Crippen molar-refractivity contribution in [3.63, 3.8) is 0 Å². The van der Waals surface area contributed by atoms with E-state index in [2.05, 4.69) is 49.8 Å². The van der Waals surface area contributed by atoms with Crippen molar-refractivity contribution in [1.82, 2.24) is 4.90 Å². The maximum absolute atomic E-state index is 13.6. The third-order valence-corrected chi connectivity index (χ3v) is 7.74. The van der Waals surface area contributed by atoms with Crippen LogP contribution in [0.2, 0.25) is 0 Å². The number of ether oxygens (including phenoxy) is 1. The van der Waals surface area contributed by atoms with Gasteiger partial charge in [0, 0.05) is 49.7 Å². The molecule has 6 nitrogen and oxygen atoms in total. The molecule has 2 saturated heterocycles. The predicted octanol–water partition coefficient (Wildman–Crippen LogP) is 3.77. The number of carbonyl (C=O) groups excluding carboxylic acids is 1. The first-order chi connectivity index (χ1) is 16.1. The van der Waals surface area contributed by atoms with Crippen molar-refractivity contribution in [2.75, 3.05) is 56.2 Å². The van der Waals surface area contributed by atoms with Gasteiger partial charge in [-0.1, -0.05) is 51.1 Å². The van der Waals surface area contributed by atoms with Crippen LogP contribution in [0.4, 0.5) is 11.4 Å². The molecule has 2 aliphatic rings. The summed E-state index contributed by atoms with van der Waals surface area (Å²) in [7, 11) is 2.12. The molecule has 2 aliphatic heterocycles. The van der Waals surface area contributed by atoms with E-state index in [9.17, 15) is 9.90 Å². The lowest BCUT2D eigenvalue weighted by molar-refractivity contribution is -0.156. The molecule has 0 saturated carbocycles. The zero-order valence-electron chi connectivity index (χ0n) is 21.3. The number of likely N-dealkylation sites (N-methyl/N-ethyl adjacent to an activating group) is 1. The molecule has 34 heavy (non-hydrogen) atoms. The molecule has 2 aromatic carbocycles. The van der Waals surface area contributed by atoms with E-state index in [1.807, 2.05) is 36.4 Å². The summed E-state index contributed by atoms with van der Waals surface area (Å²) >= 11 is 0. The number of nitrogens with zero attached hydrogens (tertiary/aromatic N) is 3. The van der Waals surface area contributed by atoms with E-state index in [-0.39, 0.29) is 11.3 Å². The summed E-state index contributed by atoms with van der Waals surface area (Å²) in [6.07, 6.45) is 0.0714. The van der Waals surface area contributed by atoms with E-state index in [1.165, 1.54) is 5.56 Å². The molecule has 2 aromatic rings. The van der Waals surface area contributed by atoms with E-state index >= 15 is 0 Å². The molecule has 0 radical (unpaired) electrons. The van der Waals surface area contributed by atoms with E-state index in [0.29, 0.717) is 13.2 Å². The molecule has 1 amide bonds. The van der Waals surface area contributed by atoms with E-state index in [0.717, 1.165) is 49.5 Å². The second-order valence-electron chi connectivity index (χ2n) is 10.5. The molecule has 184 valence electrons. The Bertz CT molecular complexity index is 994.